The van der Waals surface area contributed by atoms with Crippen molar-refractivity contribution in [1.29, 1.82) is 0 Å². The third-order valence-corrected chi connectivity index (χ3v) is 3.76. The van der Waals surface area contributed by atoms with Crippen molar-refractivity contribution in [2.45, 2.75) is 57.5 Å². The molecular weight excluding hydrogens is 232 g/mol. The summed E-state index contributed by atoms with van der Waals surface area (Å²) in [7, 11) is 0. The molecule has 18 heavy (non-hydrogen) atoms. The van der Waals surface area contributed by atoms with E-state index in [0.29, 0.717) is 19.2 Å². The van der Waals surface area contributed by atoms with Crippen LogP contribution in [-0.2, 0) is 9.53 Å². The van der Waals surface area contributed by atoms with Gasteiger partial charge in [0.1, 0.15) is 6.04 Å². The van der Waals surface area contributed by atoms with Gasteiger partial charge in [-0.15, -0.1) is 0 Å². The zero-order valence-corrected chi connectivity index (χ0v) is 11.0. The zero-order valence-electron chi connectivity index (χ0n) is 11.0. The summed E-state index contributed by atoms with van der Waals surface area (Å²) in [5.74, 6) is -0.263. The van der Waals surface area contributed by atoms with Gasteiger partial charge in [0, 0.05) is 12.6 Å². The molecule has 1 heterocycles. The van der Waals surface area contributed by atoms with Crippen LogP contribution >= 0.6 is 0 Å². The number of likely N-dealkylation sites (tertiary alicyclic amines) is 1. The van der Waals surface area contributed by atoms with E-state index in [9.17, 15) is 9.59 Å². The summed E-state index contributed by atoms with van der Waals surface area (Å²) in [6.07, 6.45) is 5.97. The van der Waals surface area contributed by atoms with Crippen molar-refractivity contribution in [2.75, 3.05) is 13.2 Å². The summed E-state index contributed by atoms with van der Waals surface area (Å²) in [6.45, 7) is 2.81. The molecule has 0 radical (unpaired) electrons. The lowest BCUT2D eigenvalue weighted by molar-refractivity contribution is -0.149. The van der Waals surface area contributed by atoms with Crippen molar-refractivity contribution in [2.24, 2.45) is 0 Å². The Balaban J connectivity index is 1.93. The summed E-state index contributed by atoms with van der Waals surface area (Å²) in [6, 6.07) is -0.182. The Morgan fingerprint density at radius 1 is 1.22 bits per heavy atom. The number of amides is 2. The number of carbonyl (C=O) groups excluding carboxylic acids is 2. The van der Waals surface area contributed by atoms with E-state index in [0.717, 1.165) is 32.1 Å². The molecule has 1 N–H and O–H groups in total. The van der Waals surface area contributed by atoms with Gasteiger partial charge < -0.3 is 15.0 Å². The maximum atomic E-state index is 12.1. The first-order valence-corrected chi connectivity index (χ1v) is 6.96. The Bertz CT molecular complexity index is 315. The number of hydrogen-bond donors (Lipinski definition) is 1. The lowest BCUT2D eigenvalue weighted by Gasteiger charge is -2.36. The first-order chi connectivity index (χ1) is 8.72. The third kappa shape index (κ3) is 2.94. The Morgan fingerprint density at radius 2 is 2.00 bits per heavy atom. The lowest BCUT2D eigenvalue weighted by atomic mass is 9.93. The van der Waals surface area contributed by atoms with E-state index in [-0.39, 0.29) is 12.0 Å². The maximum absolute atomic E-state index is 12.1. The van der Waals surface area contributed by atoms with E-state index in [1.54, 1.807) is 11.8 Å². The van der Waals surface area contributed by atoms with E-state index in [2.05, 4.69) is 5.32 Å². The minimum Gasteiger partial charge on any atom is -0.464 e. The second-order valence-electron chi connectivity index (χ2n) is 5.03. The number of esters is 1. The second-order valence-corrected chi connectivity index (χ2v) is 5.03. The number of hydrogen-bond acceptors (Lipinski definition) is 3. The second kappa shape index (κ2) is 6.07. The Kier molecular flexibility index (Phi) is 4.44. The Hall–Kier alpha value is -1.26. The Labute approximate surface area is 108 Å². The van der Waals surface area contributed by atoms with Crippen LogP contribution in [0.15, 0.2) is 0 Å². The molecule has 1 atom stereocenters. The van der Waals surface area contributed by atoms with Crippen LogP contribution in [0.3, 0.4) is 0 Å². The van der Waals surface area contributed by atoms with Crippen molar-refractivity contribution in [3.05, 3.63) is 0 Å². The van der Waals surface area contributed by atoms with E-state index < -0.39 is 6.04 Å². The molecule has 1 unspecified atom stereocenters. The molecule has 5 heteroatoms. The predicted octanol–water partition coefficient (Wildman–Crippen LogP) is 1.67. The molecule has 0 aromatic carbocycles. The number of nitrogens with one attached hydrogen (secondary N) is 1. The molecule has 1 aliphatic heterocycles. The average Bonchev–Trinajstić information content (AvgIpc) is 2.34. The monoisotopic (exact) mass is 254 g/mol. The molecule has 2 aliphatic rings. The predicted molar refractivity (Wildman–Crippen MR) is 67.1 cm³/mol. The number of rotatable bonds is 3. The average molecular weight is 254 g/mol. The highest BCUT2D eigenvalue weighted by Gasteiger charge is 2.34. The normalized spacial score (nSPS) is 24.3. The molecular formula is C13H22N2O3. The van der Waals surface area contributed by atoms with Crippen molar-refractivity contribution in [3.63, 3.8) is 0 Å². The highest BCUT2D eigenvalue weighted by Crippen LogP contribution is 2.21. The summed E-state index contributed by atoms with van der Waals surface area (Å²) < 4.78 is 5.05. The summed E-state index contributed by atoms with van der Waals surface area (Å²) >= 11 is 0. The van der Waals surface area contributed by atoms with Crippen LogP contribution in [0.2, 0.25) is 0 Å². The van der Waals surface area contributed by atoms with Crippen LogP contribution < -0.4 is 5.32 Å². The molecule has 0 bridgehead atoms. The van der Waals surface area contributed by atoms with Crippen molar-refractivity contribution < 1.29 is 14.3 Å². The first kappa shape index (κ1) is 13.2. The van der Waals surface area contributed by atoms with Crippen LogP contribution in [0.5, 0.6) is 0 Å². The van der Waals surface area contributed by atoms with Crippen molar-refractivity contribution >= 4 is 12.0 Å². The van der Waals surface area contributed by atoms with Gasteiger partial charge in [0.25, 0.3) is 0 Å². The molecule has 102 valence electrons. The van der Waals surface area contributed by atoms with Gasteiger partial charge in [0.2, 0.25) is 0 Å². The third-order valence-electron chi connectivity index (χ3n) is 3.76. The zero-order chi connectivity index (χ0) is 13.0. The topological polar surface area (TPSA) is 58.6 Å². The highest BCUT2D eigenvalue weighted by molar-refractivity contribution is 5.84. The molecule has 2 rings (SSSR count). The van der Waals surface area contributed by atoms with Gasteiger partial charge in [-0.1, -0.05) is 0 Å². The van der Waals surface area contributed by atoms with Crippen LogP contribution in [0.1, 0.15) is 45.4 Å². The first-order valence-electron chi connectivity index (χ1n) is 6.96. The molecule has 2 fully saturated rings. The molecule has 1 aliphatic carbocycles. The number of nitrogens with zero attached hydrogens (tertiary/aromatic N) is 1. The Morgan fingerprint density at radius 3 is 2.61 bits per heavy atom. The molecule has 0 spiro atoms. The molecule has 2 amide bonds. The molecule has 0 aromatic rings. The molecule has 5 nitrogen and oxygen atoms in total. The molecule has 1 saturated carbocycles. The summed E-state index contributed by atoms with van der Waals surface area (Å²) in [5, 5.41) is 2.99. The van der Waals surface area contributed by atoms with Crippen LogP contribution in [0.4, 0.5) is 4.79 Å². The van der Waals surface area contributed by atoms with E-state index in [1.807, 2.05) is 0 Å². The number of piperidine rings is 1. The van der Waals surface area contributed by atoms with E-state index in [1.165, 1.54) is 6.42 Å². The number of carbonyl (C=O) groups is 2. The fraction of sp³-hybridized carbons (Fsp3) is 0.846. The quantitative estimate of drug-likeness (QED) is 0.779. The van der Waals surface area contributed by atoms with Gasteiger partial charge in [-0.2, -0.15) is 0 Å². The largest absolute Gasteiger partial charge is 0.464 e. The van der Waals surface area contributed by atoms with Gasteiger partial charge in [-0.25, -0.2) is 9.59 Å². The molecule has 1 saturated heterocycles. The van der Waals surface area contributed by atoms with Crippen LogP contribution in [0, 0.1) is 0 Å². The maximum Gasteiger partial charge on any atom is 0.328 e. The smallest absolute Gasteiger partial charge is 0.328 e. The standard InChI is InChI=1S/C13H22N2O3/c1-2-18-12(16)11-8-3-4-9-15(11)13(17)14-10-6-5-7-10/h10-11H,2-9H2,1H3,(H,14,17). The van der Waals surface area contributed by atoms with E-state index >= 15 is 0 Å². The van der Waals surface area contributed by atoms with Gasteiger partial charge in [-0.05, 0) is 45.4 Å². The van der Waals surface area contributed by atoms with Crippen molar-refractivity contribution in [1.82, 2.24) is 10.2 Å². The fourth-order valence-electron chi connectivity index (χ4n) is 2.47. The minimum atomic E-state index is -0.390. The number of urea groups is 1. The van der Waals surface area contributed by atoms with Crippen LogP contribution in [0.25, 0.3) is 0 Å². The van der Waals surface area contributed by atoms with Crippen molar-refractivity contribution in [3.8, 4) is 0 Å². The fourth-order valence-corrected chi connectivity index (χ4v) is 2.47. The SMILES string of the molecule is CCOC(=O)C1CCCCN1C(=O)NC1CCC1. The lowest BCUT2D eigenvalue weighted by Crippen LogP contribution is -2.55. The van der Waals surface area contributed by atoms with Gasteiger partial charge in [-0.3, -0.25) is 0 Å². The molecule has 0 aromatic heterocycles. The van der Waals surface area contributed by atoms with E-state index in [4.69, 9.17) is 4.74 Å². The highest BCUT2D eigenvalue weighted by atomic mass is 16.5. The van der Waals surface area contributed by atoms with Gasteiger partial charge >= 0.3 is 12.0 Å². The minimum absolute atomic E-state index is 0.0996. The summed E-state index contributed by atoms with van der Waals surface area (Å²) in [4.78, 5) is 25.6. The van der Waals surface area contributed by atoms with Crippen LogP contribution in [-0.4, -0.2) is 42.1 Å². The van der Waals surface area contributed by atoms with Gasteiger partial charge in [0.15, 0.2) is 0 Å². The summed E-state index contributed by atoms with van der Waals surface area (Å²) in [5.41, 5.74) is 0. The number of ether oxygens (including phenoxy) is 1. The van der Waals surface area contributed by atoms with Gasteiger partial charge in [0.05, 0.1) is 6.61 Å².